The van der Waals surface area contributed by atoms with Gasteiger partial charge in [-0.2, -0.15) is 0 Å². The Hall–Kier alpha value is -2.70. The molecule has 0 N–H and O–H groups in total. The molecule has 2 aromatic rings. The number of piperidine rings is 1. The van der Waals surface area contributed by atoms with Crippen LogP contribution in [0.4, 0.5) is 0 Å². The summed E-state index contributed by atoms with van der Waals surface area (Å²) < 4.78 is 2.19. The van der Waals surface area contributed by atoms with Crippen molar-refractivity contribution in [3.8, 4) is 0 Å². The van der Waals surface area contributed by atoms with Gasteiger partial charge in [-0.1, -0.05) is 13.8 Å². The fourth-order valence-electron chi connectivity index (χ4n) is 4.61. The first kappa shape index (κ1) is 19.6. The molecule has 1 saturated heterocycles. The van der Waals surface area contributed by atoms with E-state index in [9.17, 15) is 9.59 Å². The van der Waals surface area contributed by atoms with Gasteiger partial charge in [0.15, 0.2) is 0 Å². The number of carbonyl (C=O) groups excluding carboxylic acids is 2. The number of rotatable bonds is 3. The third kappa shape index (κ3) is 3.91. The van der Waals surface area contributed by atoms with Crippen molar-refractivity contribution in [1.29, 1.82) is 0 Å². The van der Waals surface area contributed by atoms with Crippen molar-refractivity contribution < 1.29 is 9.59 Å². The highest BCUT2D eigenvalue weighted by molar-refractivity contribution is 5.94. The van der Waals surface area contributed by atoms with E-state index in [4.69, 9.17) is 0 Å². The van der Waals surface area contributed by atoms with Gasteiger partial charge in [-0.25, -0.2) is 4.98 Å². The van der Waals surface area contributed by atoms with Gasteiger partial charge in [0.1, 0.15) is 5.82 Å². The number of aromatic nitrogens is 3. The molecule has 7 nitrogen and oxygen atoms in total. The Kier molecular flexibility index (Phi) is 5.65. The zero-order valence-electron chi connectivity index (χ0n) is 17.2. The lowest BCUT2D eigenvalue weighted by Gasteiger charge is -2.40. The summed E-state index contributed by atoms with van der Waals surface area (Å²) in [4.78, 5) is 38.5. The minimum atomic E-state index is -0.0727. The van der Waals surface area contributed by atoms with Crippen LogP contribution in [0, 0.1) is 11.8 Å². The highest BCUT2D eigenvalue weighted by Crippen LogP contribution is 2.37. The van der Waals surface area contributed by atoms with Gasteiger partial charge in [0, 0.05) is 56.9 Å². The molecule has 1 fully saturated rings. The molecular weight excluding hydrogens is 366 g/mol. The van der Waals surface area contributed by atoms with Gasteiger partial charge in [0.25, 0.3) is 5.91 Å². The van der Waals surface area contributed by atoms with Crippen LogP contribution in [0.2, 0.25) is 0 Å². The molecule has 1 atom stereocenters. The number of likely N-dealkylation sites (tertiary alicyclic amines) is 1. The molecule has 4 heterocycles. The van der Waals surface area contributed by atoms with Gasteiger partial charge in [-0.3, -0.25) is 14.6 Å². The first-order chi connectivity index (χ1) is 14.1. The molecule has 4 rings (SSSR count). The van der Waals surface area contributed by atoms with E-state index in [1.807, 2.05) is 42.1 Å². The lowest BCUT2D eigenvalue weighted by molar-refractivity contribution is -0.136. The van der Waals surface area contributed by atoms with E-state index in [-0.39, 0.29) is 29.7 Å². The molecule has 0 bridgehead atoms. The van der Waals surface area contributed by atoms with E-state index in [0.29, 0.717) is 12.1 Å². The third-order valence-electron chi connectivity index (χ3n) is 6.11. The Balaban J connectivity index is 1.60. The van der Waals surface area contributed by atoms with Crippen LogP contribution >= 0.6 is 0 Å². The van der Waals surface area contributed by atoms with Crippen molar-refractivity contribution in [2.75, 3.05) is 19.6 Å². The SMILES string of the molecule is CC(C)C(=O)N1CCC(C2c3nccn3CCCN2C(=O)c2cccnc2)CC1. The summed E-state index contributed by atoms with van der Waals surface area (Å²) in [7, 11) is 0. The summed E-state index contributed by atoms with van der Waals surface area (Å²) in [5.74, 6) is 1.50. The molecule has 0 spiro atoms. The van der Waals surface area contributed by atoms with Crippen LogP contribution in [0.25, 0.3) is 0 Å². The molecule has 2 aliphatic heterocycles. The minimum Gasteiger partial charge on any atom is -0.342 e. The molecule has 0 aromatic carbocycles. The summed E-state index contributed by atoms with van der Waals surface area (Å²) in [5, 5.41) is 0. The highest BCUT2D eigenvalue weighted by Gasteiger charge is 2.39. The van der Waals surface area contributed by atoms with Crippen molar-refractivity contribution in [2.45, 2.75) is 45.7 Å². The molecule has 2 amide bonds. The standard InChI is InChI=1S/C22H29N5O2/c1-16(2)21(28)26-12-6-17(7-13-26)19-20-24-9-14-25(20)10-4-11-27(19)22(29)18-5-3-8-23-15-18/h3,5,8-9,14-17,19H,4,6-7,10-13H2,1-2H3. The smallest absolute Gasteiger partial charge is 0.256 e. The first-order valence-electron chi connectivity index (χ1n) is 10.6. The lowest BCUT2D eigenvalue weighted by atomic mass is 9.87. The van der Waals surface area contributed by atoms with Crippen molar-refractivity contribution in [2.24, 2.45) is 11.8 Å². The monoisotopic (exact) mass is 395 g/mol. The van der Waals surface area contributed by atoms with Gasteiger partial charge in [-0.15, -0.1) is 0 Å². The quantitative estimate of drug-likeness (QED) is 0.801. The van der Waals surface area contributed by atoms with E-state index in [2.05, 4.69) is 14.5 Å². The summed E-state index contributed by atoms with van der Waals surface area (Å²) in [6.07, 6.45) is 9.83. The largest absolute Gasteiger partial charge is 0.342 e. The number of pyridine rings is 1. The molecule has 1 unspecified atom stereocenters. The molecule has 2 aromatic heterocycles. The maximum atomic E-state index is 13.4. The van der Waals surface area contributed by atoms with Gasteiger partial charge in [0.05, 0.1) is 11.6 Å². The number of nitrogens with zero attached hydrogens (tertiary/aromatic N) is 5. The minimum absolute atomic E-state index is 0.0141. The second kappa shape index (κ2) is 8.35. The van der Waals surface area contributed by atoms with Crippen molar-refractivity contribution >= 4 is 11.8 Å². The summed E-state index contributed by atoms with van der Waals surface area (Å²) in [5.41, 5.74) is 0.616. The van der Waals surface area contributed by atoms with Crippen LogP contribution in [-0.2, 0) is 11.3 Å². The van der Waals surface area contributed by atoms with Crippen LogP contribution in [0.1, 0.15) is 55.3 Å². The number of aryl methyl sites for hydroxylation is 1. The van der Waals surface area contributed by atoms with E-state index in [1.165, 1.54) is 0 Å². The molecule has 2 aliphatic rings. The third-order valence-corrected chi connectivity index (χ3v) is 6.11. The van der Waals surface area contributed by atoms with Gasteiger partial charge in [-0.05, 0) is 37.3 Å². The number of imidazole rings is 1. The molecule has 7 heteroatoms. The van der Waals surface area contributed by atoms with Crippen LogP contribution in [0.3, 0.4) is 0 Å². The van der Waals surface area contributed by atoms with Crippen LogP contribution in [-0.4, -0.2) is 55.8 Å². The average Bonchev–Trinajstić information content (AvgIpc) is 3.13. The maximum Gasteiger partial charge on any atom is 0.256 e. The molecule has 0 saturated carbocycles. The van der Waals surface area contributed by atoms with E-state index in [1.54, 1.807) is 18.5 Å². The zero-order chi connectivity index (χ0) is 20.4. The fourth-order valence-corrected chi connectivity index (χ4v) is 4.61. The molecule has 29 heavy (non-hydrogen) atoms. The first-order valence-corrected chi connectivity index (χ1v) is 10.6. The number of hydrogen-bond donors (Lipinski definition) is 0. The highest BCUT2D eigenvalue weighted by atomic mass is 16.2. The van der Waals surface area contributed by atoms with Crippen LogP contribution in [0.15, 0.2) is 36.9 Å². The average molecular weight is 396 g/mol. The normalized spacial score (nSPS) is 20.4. The number of hydrogen-bond acceptors (Lipinski definition) is 4. The Morgan fingerprint density at radius 3 is 2.59 bits per heavy atom. The van der Waals surface area contributed by atoms with E-state index < -0.39 is 0 Å². The second-order valence-electron chi connectivity index (χ2n) is 8.33. The molecule has 154 valence electrons. The second-order valence-corrected chi connectivity index (χ2v) is 8.33. The lowest BCUT2D eigenvalue weighted by Crippen LogP contribution is -2.46. The number of amides is 2. The molecule has 0 aliphatic carbocycles. The van der Waals surface area contributed by atoms with Gasteiger partial charge in [0.2, 0.25) is 5.91 Å². The fraction of sp³-hybridized carbons (Fsp3) is 0.545. The van der Waals surface area contributed by atoms with E-state index >= 15 is 0 Å². The predicted molar refractivity (Wildman–Crippen MR) is 109 cm³/mol. The zero-order valence-corrected chi connectivity index (χ0v) is 17.2. The Morgan fingerprint density at radius 2 is 1.90 bits per heavy atom. The summed E-state index contributed by atoms with van der Waals surface area (Å²) in [6.45, 7) is 6.96. The Morgan fingerprint density at radius 1 is 1.10 bits per heavy atom. The Labute approximate surface area is 171 Å². The topological polar surface area (TPSA) is 71.3 Å². The number of fused-ring (bicyclic) bond motifs is 1. The van der Waals surface area contributed by atoms with E-state index in [0.717, 1.165) is 44.7 Å². The van der Waals surface area contributed by atoms with Crippen molar-refractivity contribution in [1.82, 2.24) is 24.3 Å². The van der Waals surface area contributed by atoms with Crippen LogP contribution in [0.5, 0.6) is 0 Å². The Bertz CT molecular complexity index is 855. The van der Waals surface area contributed by atoms with Crippen molar-refractivity contribution in [3.63, 3.8) is 0 Å². The summed E-state index contributed by atoms with van der Waals surface area (Å²) >= 11 is 0. The maximum absolute atomic E-state index is 13.4. The predicted octanol–water partition coefficient (Wildman–Crippen LogP) is 2.76. The van der Waals surface area contributed by atoms with Crippen molar-refractivity contribution in [3.05, 3.63) is 48.3 Å². The number of carbonyl (C=O) groups is 2. The molecular formula is C22H29N5O2. The molecule has 0 radical (unpaired) electrons. The summed E-state index contributed by atoms with van der Waals surface area (Å²) in [6, 6.07) is 3.56. The van der Waals surface area contributed by atoms with Gasteiger partial charge >= 0.3 is 0 Å². The van der Waals surface area contributed by atoms with Gasteiger partial charge < -0.3 is 14.4 Å². The van der Waals surface area contributed by atoms with Crippen LogP contribution < -0.4 is 0 Å².